The summed E-state index contributed by atoms with van der Waals surface area (Å²) in [6.07, 6.45) is 3.62. The van der Waals surface area contributed by atoms with Crippen LogP contribution < -0.4 is 14.2 Å². The largest absolute Gasteiger partial charge is 0.497 e. The van der Waals surface area contributed by atoms with Crippen LogP contribution in [0.5, 0.6) is 17.2 Å². The van der Waals surface area contributed by atoms with Crippen molar-refractivity contribution >= 4 is 12.0 Å². The third-order valence-electron chi connectivity index (χ3n) is 3.69. The van der Waals surface area contributed by atoms with Crippen LogP contribution in [0.3, 0.4) is 0 Å². The van der Waals surface area contributed by atoms with Crippen LogP contribution >= 0.6 is 0 Å². The average molecular weight is 367 g/mol. The summed E-state index contributed by atoms with van der Waals surface area (Å²) >= 11 is 0. The molecule has 6 heteroatoms. The van der Waals surface area contributed by atoms with Gasteiger partial charge in [0.15, 0.2) is 18.1 Å². The van der Waals surface area contributed by atoms with Gasteiger partial charge in [0.2, 0.25) is 0 Å². The number of rotatable bonds is 9. The minimum Gasteiger partial charge on any atom is -0.497 e. The van der Waals surface area contributed by atoms with Crippen LogP contribution in [0.4, 0.5) is 0 Å². The van der Waals surface area contributed by atoms with Gasteiger partial charge in [-0.3, -0.25) is 0 Å². The fourth-order valence-corrected chi connectivity index (χ4v) is 2.29. The van der Waals surface area contributed by atoms with E-state index in [9.17, 15) is 4.79 Å². The van der Waals surface area contributed by atoms with Crippen LogP contribution in [-0.4, -0.2) is 33.4 Å². The lowest BCUT2D eigenvalue weighted by molar-refractivity contribution is -0.137. The Morgan fingerprint density at radius 2 is 1.85 bits per heavy atom. The Hall–Kier alpha value is -3.46. The molecule has 0 bridgehead atoms. The van der Waals surface area contributed by atoms with Gasteiger partial charge in [-0.1, -0.05) is 18.2 Å². The van der Waals surface area contributed by atoms with E-state index in [0.717, 1.165) is 16.9 Å². The van der Waals surface area contributed by atoms with Crippen molar-refractivity contribution in [3.05, 3.63) is 59.7 Å². The highest BCUT2D eigenvalue weighted by Crippen LogP contribution is 2.28. The van der Waals surface area contributed by atoms with E-state index >= 15 is 0 Å². The maximum absolute atomic E-state index is 11.8. The van der Waals surface area contributed by atoms with Gasteiger partial charge in [0.25, 0.3) is 0 Å². The van der Waals surface area contributed by atoms with Crippen molar-refractivity contribution in [2.75, 3.05) is 27.4 Å². The number of carbonyl (C=O) groups is 1. The molecule has 6 nitrogen and oxygen atoms in total. The third-order valence-corrected chi connectivity index (χ3v) is 3.69. The van der Waals surface area contributed by atoms with E-state index in [0.29, 0.717) is 24.5 Å². The van der Waals surface area contributed by atoms with Gasteiger partial charge in [-0.05, 0) is 41.5 Å². The summed E-state index contributed by atoms with van der Waals surface area (Å²) < 4.78 is 20.8. The number of esters is 1. The first-order valence-corrected chi connectivity index (χ1v) is 8.32. The normalized spacial score (nSPS) is 10.3. The number of carbonyl (C=O) groups excluding carboxylic acids is 1. The summed E-state index contributed by atoms with van der Waals surface area (Å²) in [7, 11) is 3.13. The van der Waals surface area contributed by atoms with Gasteiger partial charge in [0.05, 0.1) is 20.8 Å². The highest BCUT2D eigenvalue weighted by atomic mass is 16.5. The van der Waals surface area contributed by atoms with E-state index in [4.69, 9.17) is 24.2 Å². The molecule has 2 aromatic rings. The molecule has 0 saturated heterocycles. The predicted octanol–water partition coefficient (Wildman–Crippen LogP) is 3.41. The van der Waals surface area contributed by atoms with Crippen molar-refractivity contribution in [1.82, 2.24) is 0 Å². The first-order chi connectivity index (χ1) is 13.2. The van der Waals surface area contributed by atoms with Crippen LogP contribution in [0.25, 0.3) is 6.08 Å². The van der Waals surface area contributed by atoms with Crippen LogP contribution in [0.15, 0.2) is 48.5 Å². The molecule has 2 rings (SSSR count). The maximum Gasteiger partial charge on any atom is 0.330 e. The molecule has 0 spiro atoms. The minimum atomic E-state index is -0.424. The summed E-state index contributed by atoms with van der Waals surface area (Å²) in [6.45, 7) is 0.228. The van der Waals surface area contributed by atoms with E-state index in [1.807, 2.05) is 30.3 Å². The molecule has 0 aliphatic rings. The molecule has 140 valence electrons. The summed E-state index contributed by atoms with van der Waals surface area (Å²) in [5.41, 5.74) is 1.81. The molecule has 0 saturated carbocycles. The Kier molecular flexibility index (Phi) is 7.73. The van der Waals surface area contributed by atoms with Gasteiger partial charge in [-0.15, -0.1) is 0 Å². The number of ether oxygens (including phenoxy) is 4. The molecule has 0 aliphatic carbocycles. The van der Waals surface area contributed by atoms with Crippen molar-refractivity contribution in [1.29, 1.82) is 5.26 Å². The van der Waals surface area contributed by atoms with Gasteiger partial charge >= 0.3 is 5.97 Å². The zero-order chi connectivity index (χ0) is 19.5. The number of methoxy groups -OCH3 is 2. The average Bonchev–Trinajstić information content (AvgIpc) is 2.71. The first kappa shape index (κ1) is 19.9. The molecule has 27 heavy (non-hydrogen) atoms. The molecule has 0 fully saturated rings. The van der Waals surface area contributed by atoms with Gasteiger partial charge in [-0.25, -0.2) is 4.79 Å². The zero-order valence-electron chi connectivity index (χ0n) is 15.3. The van der Waals surface area contributed by atoms with Gasteiger partial charge < -0.3 is 18.9 Å². The number of hydrogen-bond acceptors (Lipinski definition) is 6. The fourth-order valence-electron chi connectivity index (χ4n) is 2.29. The van der Waals surface area contributed by atoms with Crippen molar-refractivity contribution in [3.8, 4) is 23.3 Å². The van der Waals surface area contributed by atoms with Crippen molar-refractivity contribution < 1.29 is 23.7 Å². The Bertz CT molecular complexity index is 821. The first-order valence-electron chi connectivity index (χ1n) is 8.32. The summed E-state index contributed by atoms with van der Waals surface area (Å²) in [5, 5.41) is 8.57. The van der Waals surface area contributed by atoms with E-state index in [1.54, 1.807) is 31.4 Å². The molecular formula is C21H21NO5. The van der Waals surface area contributed by atoms with E-state index in [1.165, 1.54) is 13.2 Å². The minimum absolute atomic E-state index is 0.0634. The summed E-state index contributed by atoms with van der Waals surface area (Å²) in [6, 6.07) is 14.7. The second kappa shape index (κ2) is 10.5. The number of nitrogens with zero attached hydrogens (tertiary/aromatic N) is 1. The predicted molar refractivity (Wildman–Crippen MR) is 101 cm³/mol. The monoisotopic (exact) mass is 367 g/mol. The molecule has 0 aliphatic heterocycles. The Morgan fingerprint density at radius 3 is 2.52 bits per heavy atom. The molecule has 0 atom stereocenters. The van der Waals surface area contributed by atoms with Crippen LogP contribution in [-0.2, 0) is 16.0 Å². The smallest absolute Gasteiger partial charge is 0.330 e. The molecule has 0 N–H and O–H groups in total. The molecule has 0 amide bonds. The highest BCUT2D eigenvalue weighted by molar-refractivity contribution is 5.87. The molecule has 0 radical (unpaired) electrons. The number of nitriles is 1. The zero-order valence-corrected chi connectivity index (χ0v) is 15.3. The molecule has 0 unspecified atom stereocenters. The molecular weight excluding hydrogens is 346 g/mol. The van der Waals surface area contributed by atoms with Gasteiger partial charge in [-0.2, -0.15) is 5.26 Å². The second-order valence-corrected chi connectivity index (χ2v) is 5.46. The van der Waals surface area contributed by atoms with Gasteiger partial charge in [0.1, 0.15) is 11.8 Å². The van der Waals surface area contributed by atoms with Crippen molar-refractivity contribution in [3.63, 3.8) is 0 Å². The lowest BCUT2D eigenvalue weighted by atomic mass is 10.1. The van der Waals surface area contributed by atoms with E-state index in [2.05, 4.69) is 0 Å². The SMILES string of the molecule is COc1ccc(CCOC(=O)/C=C/c2ccc(OCC#N)c(OC)c2)cc1. The topological polar surface area (TPSA) is 77.8 Å². The fraction of sp³-hybridized carbons (Fsp3) is 0.238. The third kappa shape index (κ3) is 6.40. The molecule has 0 aromatic heterocycles. The second-order valence-electron chi connectivity index (χ2n) is 5.46. The molecule has 0 heterocycles. The van der Waals surface area contributed by atoms with Crippen molar-refractivity contribution in [2.45, 2.75) is 6.42 Å². The van der Waals surface area contributed by atoms with Crippen LogP contribution in [0.1, 0.15) is 11.1 Å². The Morgan fingerprint density at radius 1 is 1.07 bits per heavy atom. The van der Waals surface area contributed by atoms with E-state index in [-0.39, 0.29) is 6.61 Å². The van der Waals surface area contributed by atoms with Crippen molar-refractivity contribution in [2.24, 2.45) is 0 Å². The molecule has 2 aromatic carbocycles. The Labute approximate surface area is 158 Å². The standard InChI is InChI=1S/C21H21NO5/c1-24-18-7-3-16(4-8-18)11-13-27-21(23)10-6-17-5-9-19(26-14-12-22)20(15-17)25-2/h3-10,15H,11,13-14H2,1-2H3/b10-6+. The van der Waals surface area contributed by atoms with Gasteiger partial charge in [0, 0.05) is 12.5 Å². The highest BCUT2D eigenvalue weighted by Gasteiger charge is 2.05. The van der Waals surface area contributed by atoms with E-state index < -0.39 is 5.97 Å². The lowest BCUT2D eigenvalue weighted by Crippen LogP contribution is -2.04. The quantitative estimate of drug-likeness (QED) is 0.499. The number of hydrogen-bond donors (Lipinski definition) is 0. The number of benzene rings is 2. The lowest BCUT2D eigenvalue weighted by Gasteiger charge is -2.08. The van der Waals surface area contributed by atoms with Crippen LogP contribution in [0.2, 0.25) is 0 Å². The summed E-state index contributed by atoms with van der Waals surface area (Å²) in [5.74, 6) is 1.32. The Balaban J connectivity index is 1.85. The maximum atomic E-state index is 11.8. The summed E-state index contributed by atoms with van der Waals surface area (Å²) in [4.78, 5) is 11.8. The van der Waals surface area contributed by atoms with Crippen LogP contribution in [0, 0.1) is 11.3 Å².